The molecule has 41 heavy (non-hydrogen) atoms. The van der Waals surface area contributed by atoms with Gasteiger partial charge in [0.05, 0.1) is 18.0 Å². The maximum atomic E-state index is 13.5. The Bertz CT molecular complexity index is 1620. The molecule has 5 aliphatic rings. The lowest BCUT2D eigenvalue weighted by atomic mass is 9.69. The van der Waals surface area contributed by atoms with Crippen LogP contribution in [0.1, 0.15) is 82.8 Å². The van der Waals surface area contributed by atoms with Crippen LogP contribution in [0.4, 0.5) is 0 Å². The highest BCUT2D eigenvalue weighted by Crippen LogP contribution is 2.45. The van der Waals surface area contributed by atoms with Crippen LogP contribution in [-0.4, -0.2) is 45.4 Å². The monoisotopic (exact) mass is 550 g/mol. The minimum atomic E-state index is -0.849. The molecule has 0 fully saturated rings. The summed E-state index contributed by atoms with van der Waals surface area (Å²) in [7, 11) is 1.45. The van der Waals surface area contributed by atoms with Gasteiger partial charge in [-0.1, -0.05) is 48.0 Å². The second-order valence-electron chi connectivity index (χ2n) is 12.1. The lowest BCUT2D eigenvalue weighted by Crippen LogP contribution is -2.36. The van der Waals surface area contributed by atoms with Gasteiger partial charge in [0.15, 0.2) is 0 Å². The summed E-state index contributed by atoms with van der Waals surface area (Å²) >= 11 is 0. The fraction of sp³-hybridized carbons (Fsp3) is 0.412. The number of hydrogen-bond donors (Lipinski definition) is 0. The number of methoxy groups -OCH3 is 1. The number of nitrogens with zero attached hydrogens (tertiary/aromatic N) is 4. The highest BCUT2D eigenvalue weighted by Gasteiger charge is 2.41. The number of carbonyl (C=O) groups is 2. The number of aromatic nitrogens is 3. The van der Waals surface area contributed by atoms with Crippen molar-refractivity contribution >= 4 is 22.9 Å². The SMILES string of the molecule is COC(=O)C(C)(C)C1c2ccc3c(c2)CN(CC3)C(=O)c2ccc(cc2)CCCCCn2nnc3c(C)c1ccc32. The summed E-state index contributed by atoms with van der Waals surface area (Å²) < 4.78 is 7.32. The van der Waals surface area contributed by atoms with Crippen molar-refractivity contribution in [1.82, 2.24) is 19.9 Å². The van der Waals surface area contributed by atoms with Crippen molar-refractivity contribution in [2.45, 2.75) is 71.9 Å². The van der Waals surface area contributed by atoms with E-state index in [1.165, 1.54) is 18.2 Å². The Labute approximate surface area is 241 Å². The zero-order valence-electron chi connectivity index (χ0n) is 24.4. The molecule has 0 spiro atoms. The topological polar surface area (TPSA) is 77.3 Å². The maximum absolute atomic E-state index is 13.5. The van der Waals surface area contributed by atoms with Crippen molar-refractivity contribution in [2.24, 2.45) is 5.41 Å². The van der Waals surface area contributed by atoms with Crippen molar-refractivity contribution in [3.05, 3.63) is 93.5 Å². The summed E-state index contributed by atoms with van der Waals surface area (Å²) in [5.74, 6) is -0.481. The van der Waals surface area contributed by atoms with Crippen LogP contribution in [0.3, 0.4) is 0 Å². The first-order valence-electron chi connectivity index (χ1n) is 14.7. The van der Waals surface area contributed by atoms with Crippen molar-refractivity contribution in [3.8, 4) is 0 Å². The minimum absolute atomic E-state index is 0.0635. The molecular formula is C34H38N4O3. The van der Waals surface area contributed by atoms with E-state index in [1.807, 2.05) is 35.6 Å². The second kappa shape index (κ2) is 10.8. The normalized spacial score (nSPS) is 17.8. The van der Waals surface area contributed by atoms with Crippen LogP contribution in [0.2, 0.25) is 0 Å². The molecule has 1 amide bonds. The van der Waals surface area contributed by atoms with E-state index in [2.05, 4.69) is 59.7 Å². The van der Waals surface area contributed by atoms with E-state index in [0.29, 0.717) is 13.1 Å². The van der Waals surface area contributed by atoms with Gasteiger partial charge < -0.3 is 9.64 Å². The highest BCUT2D eigenvalue weighted by atomic mass is 16.5. The molecule has 212 valence electrons. The smallest absolute Gasteiger partial charge is 0.312 e. The summed E-state index contributed by atoms with van der Waals surface area (Å²) in [6.45, 7) is 8.02. The minimum Gasteiger partial charge on any atom is -0.469 e. The van der Waals surface area contributed by atoms with Gasteiger partial charge in [-0.2, -0.15) is 0 Å². The Morgan fingerprint density at radius 2 is 1.76 bits per heavy atom. The number of hydrogen-bond acceptors (Lipinski definition) is 5. The van der Waals surface area contributed by atoms with Gasteiger partial charge >= 0.3 is 5.97 Å². The molecule has 6 heterocycles. The molecule has 5 aliphatic heterocycles. The molecule has 0 radical (unpaired) electrons. The van der Waals surface area contributed by atoms with Gasteiger partial charge in [0.1, 0.15) is 5.52 Å². The fourth-order valence-corrected chi connectivity index (χ4v) is 6.72. The maximum Gasteiger partial charge on any atom is 0.312 e. The van der Waals surface area contributed by atoms with Crippen LogP contribution in [0, 0.1) is 12.3 Å². The molecule has 0 saturated carbocycles. The van der Waals surface area contributed by atoms with Gasteiger partial charge in [-0.05, 0) is 98.0 Å². The van der Waals surface area contributed by atoms with Gasteiger partial charge in [-0.3, -0.25) is 9.59 Å². The third-order valence-corrected chi connectivity index (χ3v) is 9.13. The molecule has 9 rings (SSSR count). The third-order valence-electron chi connectivity index (χ3n) is 9.13. The molecule has 3 aromatic carbocycles. The largest absolute Gasteiger partial charge is 0.469 e. The van der Waals surface area contributed by atoms with Gasteiger partial charge in [-0.15, -0.1) is 5.10 Å². The third kappa shape index (κ3) is 4.92. The van der Waals surface area contributed by atoms with Crippen LogP contribution >= 0.6 is 0 Å². The molecule has 1 unspecified atom stereocenters. The molecular weight excluding hydrogens is 512 g/mol. The number of rotatable bonds is 2. The van der Waals surface area contributed by atoms with E-state index in [9.17, 15) is 9.59 Å². The number of esters is 1. The summed E-state index contributed by atoms with van der Waals surface area (Å²) in [5.41, 5.74) is 8.49. The molecule has 1 atom stereocenters. The van der Waals surface area contributed by atoms with E-state index in [4.69, 9.17) is 4.74 Å². The summed E-state index contributed by atoms with van der Waals surface area (Å²) in [5, 5.41) is 9.11. The first-order valence-corrected chi connectivity index (χ1v) is 14.7. The first kappa shape index (κ1) is 27.2. The van der Waals surface area contributed by atoms with Crippen LogP contribution < -0.4 is 0 Å². The molecule has 7 nitrogen and oxygen atoms in total. The number of amides is 1. The lowest BCUT2D eigenvalue weighted by molar-refractivity contribution is -0.151. The molecule has 4 aromatic rings. The second-order valence-corrected chi connectivity index (χ2v) is 12.1. The first-order chi connectivity index (χ1) is 19.8. The molecule has 9 bridgehead atoms. The van der Waals surface area contributed by atoms with Crippen LogP contribution in [-0.2, 0) is 35.5 Å². The van der Waals surface area contributed by atoms with E-state index in [-0.39, 0.29) is 17.8 Å². The Morgan fingerprint density at radius 3 is 2.54 bits per heavy atom. The zero-order valence-corrected chi connectivity index (χ0v) is 24.4. The number of ether oxygens (including phenoxy) is 1. The quantitative estimate of drug-likeness (QED) is 0.286. The van der Waals surface area contributed by atoms with E-state index >= 15 is 0 Å². The standard InChI is InChI=1S/C34H38N4O3/c1-22-28-15-16-29-31(22)35-36-38(29)18-7-5-6-8-23-9-11-25(12-10-23)32(39)37-19-17-24-13-14-26(20-27(24)21-37)30(28)34(2,3)33(40)41-4/h9-16,20,30H,5-8,17-19,21H2,1-4H3. The zero-order chi connectivity index (χ0) is 28.7. The van der Waals surface area contributed by atoms with Crippen LogP contribution in [0.15, 0.2) is 54.6 Å². The fourth-order valence-electron chi connectivity index (χ4n) is 6.72. The summed E-state index contributed by atoms with van der Waals surface area (Å²) in [6, 6.07) is 18.9. The van der Waals surface area contributed by atoms with Crippen molar-refractivity contribution in [2.75, 3.05) is 13.7 Å². The summed E-state index contributed by atoms with van der Waals surface area (Å²) in [6.07, 6.45) is 4.97. The average Bonchev–Trinajstić information content (AvgIpc) is 3.40. The van der Waals surface area contributed by atoms with E-state index < -0.39 is 5.41 Å². The number of aryl methyl sites for hydroxylation is 3. The molecule has 0 N–H and O–H groups in total. The molecule has 7 heteroatoms. The predicted molar refractivity (Wildman–Crippen MR) is 159 cm³/mol. The summed E-state index contributed by atoms with van der Waals surface area (Å²) in [4.78, 5) is 28.7. The highest BCUT2D eigenvalue weighted by molar-refractivity contribution is 5.94. The lowest BCUT2D eigenvalue weighted by Gasteiger charge is -2.35. The van der Waals surface area contributed by atoms with Gasteiger partial charge in [0.2, 0.25) is 0 Å². The number of benzene rings is 3. The van der Waals surface area contributed by atoms with Gasteiger partial charge in [0, 0.05) is 31.1 Å². The van der Waals surface area contributed by atoms with Crippen molar-refractivity contribution in [3.63, 3.8) is 0 Å². The van der Waals surface area contributed by atoms with Crippen molar-refractivity contribution < 1.29 is 14.3 Å². The van der Waals surface area contributed by atoms with E-state index in [1.54, 1.807) is 0 Å². The van der Waals surface area contributed by atoms with Gasteiger partial charge in [0.25, 0.3) is 5.91 Å². The molecule has 0 saturated heterocycles. The van der Waals surface area contributed by atoms with Crippen molar-refractivity contribution in [1.29, 1.82) is 0 Å². The van der Waals surface area contributed by atoms with Gasteiger partial charge in [-0.25, -0.2) is 4.68 Å². The Morgan fingerprint density at radius 1 is 0.951 bits per heavy atom. The Balaban J connectivity index is 1.49. The average molecular weight is 551 g/mol. The Kier molecular flexibility index (Phi) is 7.14. The van der Waals surface area contributed by atoms with Crippen LogP contribution in [0.5, 0.6) is 0 Å². The molecule has 0 aliphatic carbocycles. The molecule has 1 aromatic heterocycles. The predicted octanol–water partition coefficient (Wildman–Crippen LogP) is 6.00. The van der Waals surface area contributed by atoms with Crippen LogP contribution in [0.25, 0.3) is 11.0 Å². The van der Waals surface area contributed by atoms with E-state index in [0.717, 1.165) is 77.5 Å². The number of carbonyl (C=O) groups excluding carboxylic acids is 2. The Hall–Kier alpha value is -4.00.